The van der Waals surface area contributed by atoms with Crippen molar-refractivity contribution in [1.29, 1.82) is 0 Å². The SMILES string of the molecule is CC(=O)NC(CO)C(=O)NC(C)C(=O)NC(C)C(=O)NC(Cc1ccc(O)cc1)C(=O)N1CCCC1C(=O)NC(C=O)C(C)C. The molecule has 0 aliphatic carbocycles. The van der Waals surface area contributed by atoms with Crippen LogP contribution in [-0.4, -0.2) is 106 Å². The summed E-state index contributed by atoms with van der Waals surface area (Å²) < 4.78 is 0. The molecule has 1 saturated heterocycles. The number of aliphatic hydroxyl groups excluding tert-OH is 1. The second kappa shape index (κ2) is 17.1. The summed E-state index contributed by atoms with van der Waals surface area (Å²) in [5.74, 6) is -3.96. The first-order valence-corrected chi connectivity index (χ1v) is 14.8. The van der Waals surface area contributed by atoms with Crippen molar-refractivity contribution >= 4 is 41.7 Å². The summed E-state index contributed by atoms with van der Waals surface area (Å²) in [4.78, 5) is 89.2. The van der Waals surface area contributed by atoms with E-state index in [1.807, 2.05) is 0 Å². The van der Waals surface area contributed by atoms with Crippen LogP contribution < -0.4 is 26.6 Å². The van der Waals surface area contributed by atoms with Crippen LogP contribution in [0, 0.1) is 5.92 Å². The Morgan fingerprint density at radius 1 is 0.867 bits per heavy atom. The van der Waals surface area contributed by atoms with Crippen LogP contribution in [0.5, 0.6) is 5.75 Å². The van der Waals surface area contributed by atoms with E-state index in [2.05, 4.69) is 26.6 Å². The molecule has 0 spiro atoms. The number of benzene rings is 1. The monoisotopic (exact) mass is 632 g/mol. The van der Waals surface area contributed by atoms with Gasteiger partial charge in [0.1, 0.15) is 42.2 Å². The van der Waals surface area contributed by atoms with Gasteiger partial charge < -0.3 is 46.5 Å². The van der Waals surface area contributed by atoms with Crippen LogP contribution in [0.1, 0.15) is 53.0 Å². The lowest BCUT2D eigenvalue weighted by Crippen LogP contribution is -2.59. The highest BCUT2D eigenvalue weighted by atomic mass is 16.3. The van der Waals surface area contributed by atoms with Crippen LogP contribution >= 0.6 is 0 Å². The van der Waals surface area contributed by atoms with Crippen LogP contribution in [0.2, 0.25) is 0 Å². The maximum absolute atomic E-state index is 13.8. The fraction of sp³-hybridized carbons (Fsp3) is 0.567. The maximum Gasteiger partial charge on any atom is 0.246 e. The van der Waals surface area contributed by atoms with Crippen molar-refractivity contribution in [2.45, 2.75) is 90.1 Å². The van der Waals surface area contributed by atoms with Crippen LogP contribution in [0.3, 0.4) is 0 Å². The first kappa shape index (κ1) is 36.7. The zero-order chi connectivity index (χ0) is 33.8. The molecule has 7 N–H and O–H groups in total. The minimum atomic E-state index is -1.27. The van der Waals surface area contributed by atoms with Gasteiger partial charge in [0.05, 0.1) is 12.6 Å². The van der Waals surface area contributed by atoms with Gasteiger partial charge in [-0.15, -0.1) is 0 Å². The van der Waals surface area contributed by atoms with Gasteiger partial charge in [0.2, 0.25) is 35.4 Å². The van der Waals surface area contributed by atoms with E-state index in [1.165, 1.54) is 37.8 Å². The predicted molar refractivity (Wildman–Crippen MR) is 161 cm³/mol. The van der Waals surface area contributed by atoms with Crippen LogP contribution in [0.15, 0.2) is 24.3 Å². The quantitative estimate of drug-likeness (QED) is 0.109. The second-order valence-electron chi connectivity index (χ2n) is 11.4. The summed E-state index contributed by atoms with van der Waals surface area (Å²) in [6, 6.07) is -0.253. The fourth-order valence-electron chi connectivity index (χ4n) is 4.71. The van der Waals surface area contributed by atoms with Gasteiger partial charge >= 0.3 is 0 Å². The number of likely N-dealkylation sites (tertiary alicyclic amines) is 1. The summed E-state index contributed by atoms with van der Waals surface area (Å²) in [6.45, 7) is 7.03. The number of amides is 6. The lowest BCUT2D eigenvalue weighted by Gasteiger charge is -2.30. The third kappa shape index (κ3) is 10.8. The van der Waals surface area contributed by atoms with Crippen LogP contribution in [-0.2, 0) is 40.0 Å². The average molecular weight is 633 g/mol. The standard InChI is InChI=1S/C30H44N6O9/c1-16(2)23(14-37)35-29(44)25-7-6-12-36(25)30(45)22(13-20-8-10-21(40)11-9-20)34-27(42)18(4)31-26(41)17(3)32-28(43)24(15-38)33-19(5)39/h8-11,14,16-18,22-25,38,40H,6-7,12-13,15H2,1-5H3,(H,31,41)(H,32,43)(H,33,39)(H,34,42)(H,35,44). The molecule has 1 aromatic rings. The first-order valence-electron chi connectivity index (χ1n) is 14.8. The highest BCUT2D eigenvalue weighted by Gasteiger charge is 2.39. The van der Waals surface area contributed by atoms with Crippen molar-refractivity contribution in [3.8, 4) is 5.75 Å². The smallest absolute Gasteiger partial charge is 0.246 e. The van der Waals surface area contributed by atoms with E-state index >= 15 is 0 Å². The molecule has 1 fully saturated rings. The van der Waals surface area contributed by atoms with Crippen molar-refractivity contribution in [2.24, 2.45) is 5.92 Å². The number of rotatable bonds is 15. The van der Waals surface area contributed by atoms with E-state index in [1.54, 1.807) is 26.0 Å². The van der Waals surface area contributed by atoms with Crippen LogP contribution in [0.25, 0.3) is 0 Å². The van der Waals surface area contributed by atoms with E-state index in [0.717, 1.165) is 0 Å². The average Bonchev–Trinajstić information content (AvgIpc) is 3.48. The Balaban J connectivity index is 2.16. The van der Waals surface area contributed by atoms with Gasteiger partial charge in [-0.05, 0) is 50.3 Å². The maximum atomic E-state index is 13.8. The molecule has 45 heavy (non-hydrogen) atoms. The Kier molecular flexibility index (Phi) is 13.9. The molecule has 248 valence electrons. The van der Waals surface area contributed by atoms with Gasteiger partial charge in [-0.2, -0.15) is 0 Å². The minimum Gasteiger partial charge on any atom is -0.508 e. The topological polar surface area (TPSA) is 223 Å². The summed E-state index contributed by atoms with van der Waals surface area (Å²) in [5.41, 5.74) is 0.609. The van der Waals surface area contributed by atoms with Gasteiger partial charge in [0, 0.05) is 19.9 Å². The van der Waals surface area contributed by atoms with Crippen LogP contribution in [0.4, 0.5) is 0 Å². The lowest BCUT2D eigenvalue weighted by molar-refractivity contribution is -0.142. The molecule has 0 aromatic heterocycles. The Bertz CT molecular complexity index is 1240. The molecule has 15 nitrogen and oxygen atoms in total. The number of carbonyl (C=O) groups is 7. The first-order chi connectivity index (χ1) is 21.2. The minimum absolute atomic E-state index is 0.0109. The summed E-state index contributed by atoms with van der Waals surface area (Å²) >= 11 is 0. The molecule has 1 aliphatic rings. The van der Waals surface area contributed by atoms with Gasteiger partial charge in [-0.3, -0.25) is 28.8 Å². The molecule has 2 rings (SSSR count). The van der Waals surface area contributed by atoms with Gasteiger partial charge in [0.15, 0.2) is 0 Å². The zero-order valence-electron chi connectivity index (χ0n) is 26.2. The van der Waals surface area contributed by atoms with Gasteiger partial charge in [0.25, 0.3) is 0 Å². The Hall–Kier alpha value is -4.53. The molecule has 1 aromatic carbocycles. The van der Waals surface area contributed by atoms with Gasteiger partial charge in [-0.25, -0.2) is 0 Å². The van der Waals surface area contributed by atoms with E-state index in [4.69, 9.17) is 0 Å². The third-order valence-corrected chi connectivity index (χ3v) is 7.38. The lowest BCUT2D eigenvalue weighted by atomic mass is 10.0. The number of phenolic OH excluding ortho intramolecular Hbond substituents is 1. The fourth-order valence-corrected chi connectivity index (χ4v) is 4.71. The molecular weight excluding hydrogens is 588 g/mol. The van der Waals surface area contributed by atoms with E-state index in [-0.39, 0.29) is 24.6 Å². The second-order valence-corrected chi connectivity index (χ2v) is 11.4. The highest BCUT2D eigenvalue weighted by Crippen LogP contribution is 2.21. The number of aldehydes is 1. The number of hydrogen-bond donors (Lipinski definition) is 7. The normalized spacial score (nSPS) is 17.7. The number of aromatic hydroxyl groups is 1. The Morgan fingerprint density at radius 3 is 1.98 bits per heavy atom. The molecule has 6 amide bonds. The number of aliphatic hydroxyl groups is 1. The van der Waals surface area contributed by atoms with Gasteiger partial charge in [-0.1, -0.05) is 26.0 Å². The van der Waals surface area contributed by atoms with E-state index in [0.29, 0.717) is 24.7 Å². The molecule has 0 saturated carbocycles. The summed E-state index contributed by atoms with van der Waals surface area (Å²) in [7, 11) is 0. The molecular formula is C30H44N6O9. The Labute approximate surface area is 261 Å². The van der Waals surface area contributed by atoms with Crippen molar-refractivity contribution < 1.29 is 43.8 Å². The third-order valence-electron chi connectivity index (χ3n) is 7.38. The molecule has 15 heteroatoms. The summed E-state index contributed by atoms with van der Waals surface area (Å²) in [5, 5.41) is 31.4. The molecule has 6 unspecified atom stereocenters. The van der Waals surface area contributed by atoms with Crippen molar-refractivity contribution in [2.75, 3.05) is 13.2 Å². The molecule has 1 aliphatic heterocycles. The zero-order valence-corrected chi connectivity index (χ0v) is 26.2. The number of phenols is 1. The number of nitrogens with zero attached hydrogens (tertiary/aromatic N) is 1. The van der Waals surface area contributed by atoms with E-state index in [9.17, 15) is 43.8 Å². The highest BCUT2D eigenvalue weighted by molar-refractivity contribution is 5.96. The molecule has 6 atom stereocenters. The summed E-state index contributed by atoms with van der Waals surface area (Å²) in [6.07, 6.45) is 1.56. The van der Waals surface area contributed by atoms with Crippen molar-refractivity contribution in [1.82, 2.24) is 31.5 Å². The van der Waals surface area contributed by atoms with Crippen molar-refractivity contribution in [3.05, 3.63) is 29.8 Å². The molecule has 0 bridgehead atoms. The number of carbonyl (C=O) groups excluding carboxylic acids is 7. The Morgan fingerprint density at radius 2 is 1.44 bits per heavy atom. The number of nitrogens with one attached hydrogen (secondary N) is 5. The number of hydrogen-bond acceptors (Lipinski definition) is 9. The molecule has 0 radical (unpaired) electrons. The largest absolute Gasteiger partial charge is 0.508 e. The predicted octanol–water partition coefficient (Wildman–Crippen LogP) is -1.74. The molecule has 1 heterocycles. The van der Waals surface area contributed by atoms with Crippen molar-refractivity contribution in [3.63, 3.8) is 0 Å². The van der Waals surface area contributed by atoms with E-state index < -0.39 is 78.3 Å².